The highest BCUT2D eigenvalue weighted by Gasteiger charge is 2.08. The van der Waals surface area contributed by atoms with Crippen molar-refractivity contribution in [3.63, 3.8) is 0 Å². The van der Waals surface area contributed by atoms with Crippen molar-refractivity contribution in [1.29, 1.82) is 0 Å². The van der Waals surface area contributed by atoms with Gasteiger partial charge in [0.25, 0.3) is 0 Å². The van der Waals surface area contributed by atoms with Crippen LogP contribution in [0.3, 0.4) is 0 Å². The Morgan fingerprint density at radius 1 is 1.00 bits per heavy atom. The Balaban J connectivity index is 1.96. The number of benzene rings is 2. The Kier molecular flexibility index (Phi) is 6.03. The summed E-state index contributed by atoms with van der Waals surface area (Å²) in [6.45, 7) is 7.47. The van der Waals surface area contributed by atoms with Gasteiger partial charge in [0.15, 0.2) is 0 Å². The third-order valence-electron chi connectivity index (χ3n) is 3.38. The fourth-order valence-corrected chi connectivity index (χ4v) is 2.16. The van der Waals surface area contributed by atoms with E-state index >= 15 is 0 Å². The number of nitrogens with one attached hydrogen (secondary N) is 3. The summed E-state index contributed by atoms with van der Waals surface area (Å²) in [6, 6.07) is 15.7. The molecule has 3 N–H and O–H groups in total. The van der Waals surface area contributed by atoms with E-state index in [1.807, 2.05) is 49.4 Å². The number of aryl methyl sites for hydroxylation is 1. The Hall–Kier alpha value is -2.49. The van der Waals surface area contributed by atoms with Crippen LogP contribution in [-0.4, -0.2) is 19.0 Å². The third-order valence-corrected chi connectivity index (χ3v) is 3.38. The molecular weight excluding hydrogens is 286 g/mol. The van der Waals surface area contributed by atoms with Crippen LogP contribution in [0.15, 0.2) is 48.5 Å². The van der Waals surface area contributed by atoms with Crippen molar-refractivity contribution < 1.29 is 4.79 Å². The van der Waals surface area contributed by atoms with Crippen molar-refractivity contribution in [2.45, 2.75) is 20.8 Å². The zero-order valence-corrected chi connectivity index (χ0v) is 14.0. The highest BCUT2D eigenvalue weighted by molar-refractivity contribution is 5.96. The summed E-state index contributed by atoms with van der Waals surface area (Å²) < 4.78 is 0. The zero-order chi connectivity index (χ0) is 16.7. The largest absolute Gasteiger partial charge is 0.383 e. The van der Waals surface area contributed by atoms with E-state index in [9.17, 15) is 4.79 Å². The average molecular weight is 311 g/mol. The van der Waals surface area contributed by atoms with Gasteiger partial charge in [-0.25, -0.2) is 0 Å². The maximum atomic E-state index is 12.2. The van der Waals surface area contributed by atoms with E-state index in [1.54, 1.807) is 0 Å². The standard InChI is InChI=1S/C19H25N3O/c1-14(2)12-21-18-11-15(3)9-10-17(18)22-19(23)13-20-16-7-5-4-6-8-16/h4-11,14,20-21H,12-13H2,1-3H3,(H,22,23). The lowest BCUT2D eigenvalue weighted by Crippen LogP contribution is -2.22. The summed E-state index contributed by atoms with van der Waals surface area (Å²) in [5.41, 5.74) is 3.88. The highest BCUT2D eigenvalue weighted by Crippen LogP contribution is 2.23. The Morgan fingerprint density at radius 2 is 1.74 bits per heavy atom. The van der Waals surface area contributed by atoms with Gasteiger partial charge in [-0.05, 0) is 42.7 Å². The van der Waals surface area contributed by atoms with Gasteiger partial charge in [-0.15, -0.1) is 0 Å². The Morgan fingerprint density at radius 3 is 2.43 bits per heavy atom. The van der Waals surface area contributed by atoms with Gasteiger partial charge in [-0.1, -0.05) is 38.1 Å². The lowest BCUT2D eigenvalue weighted by Gasteiger charge is -2.15. The van der Waals surface area contributed by atoms with Gasteiger partial charge in [-0.3, -0.25) is 4.79 Å². The van der Waals surface area contributed by atoms with Gasteiger partial charge in [0.05, 0.1) is 17.9 Å². The normalized spacial score (nSPS) is 10.4. The molecule has 0 atom stereocenters. The van der Waals surface area contributed by atoms with Crippen LogP contribution in [0.25, 0.3) is 0 Å². The number of anilines is 3. The van der Waals surface area contributed by atoms with Crippen molar-refractivity contribution in [3.05, 3.63) is 54.1 Å². The van der Waals surface area contributed by atoms with Gasteiger partial charge in [0, 0.05) is 12.2 Å². The molecule has 0 fully saturated rings. The lowest BCUT2D eigenvalue weighted by atomic mass is 10.1. The summed E-state index contributed by atoms with van der Waals surface area (Å²) >= 11 is 0. The molecule has 0 aliphatic rings. The number of para-hydroxylation sites is 1. The van der Waals surface area contributed by atoms with Crippen LogP contribution >= 0.6 is 0 Å². The van der Waals surface area contributed by atoms with E-state index in [4.69, 9.17) is 0 Å². The highest BCUT2D eigenvalue weighted by atomic mass is 16.1. The van der Waals surface area contributed by atoms with E-state index < -0.39 is 0 Å². The predicted molar refractivity (Wildman–Crippen MR) is 98.1 cm³/mol. The molecule has 2 aromatic carbocycles. The SMILES string of the molecule is Cc1ccc(NC(=O)CNc2ccccc2)c(NCC(C)C)c1. The Labute approximate surface area is 138 Å². The molecule has 0 heterocycles. The summed E-state index contributed by atoms with van der Waals surface area (Å²) in [6.07, 6.45) is 0. The van der Waals surface area contributed by atoms with Gasteiger partial charge in [-0.2, -0.15) is 0 Å². The second kappa shape index (κ2) is 8.22. The average Bonchev–Trinajstić information content (AvgIpc) is 2.54. The smallest absolute Gasteiger partial charge is 0.243 e. The molecule has 0 aromatic heterocycles. The molecule has 23 heavy (non-hydrogen) atoms. The van der Waals surface area contributed by atoms with Crippen molar-refractivity contribution in [3.8, 4) is 0 Å². The first-order valence-electron chi connectivity index (χ1n) is 7.98. The van der Waals surface area contributed by atoms with Gasteiger partial charge in [0.1, 0.15) is 0 Å². The van der Waals surface area contributed by atoms with E-state index in [-0.39, 0.29) is 12.5 Å². The summed E-state index contributed by atoms with van der Waals surface area (Å²) in [4.78, 5) is 12.2. The molecule has 2 rings (SSSR count). The van der Waals surface area contributed by atoms with E-state index in [1.165, 1.54) is 0 Å². The zero-order valence-electron chi connectivity index (χ0n) is 14.0. The van der Waals surface area contributed by atoms with E-state index in [2.05, 4.69) is 35.9 Å². The summed E-state index contributed by atoms with van der Waals surface area (Å²) in [5, 5.41) is 9.48. The molecule has 0 unspecified atom stereocenters. The van der Waals surface area contributed by atoms with Crippen LogP contribution in [0.2, 0.25) is 0 Å². The number of hydrogen-bond donors (Lipinski definition) is 3. The number of hydrogen-bond acceptors (Lipinski definition) is 3. The second-order valence-corrected chi connectivity index (χ2v) is 6.09. The minimum absolute atomic E-state index is 0.0645. The maximum Gasteiger partial charge on any atom is 0.243 e. The Bertz CT molecular complexity index is 638. The molecule has 0 spiro atoms. The molecule has 0 saturated carbocycles. The molecule has 0 aliphatic heterocycles. The molecule has 2 aromatic rings. The summed E-state index contributed by atoms with van der Waals surface area (Å²) in [5.74, 6) is 0.476. The second-order valence-electron chi connectivity index (χ2n) is 6.09. The number of carbonyl (C=O) groups excluding carboxylic acids is 1. The maximum absolute atomic E-state index is 12.2. The minimum Gasteiger partial charge on any atom is -0.383 e. The first-order valence-corrected chi connectivity index (χ1v) is 7.98. The van der Waals surface area contributed by atoms with Crippen LogP contribution in [0, 0.1) is 12.8 Å². The first-order chi connectivity index (χ1) is 11.0. The van der Waals surface area contributed by atoms with Crippen molar-refractivity contribution in [1.82, 2.24) is 0 Å². The molecule has 0 bridgehead atoms. The number of rotatable bonds is 7. The van der Waals surface area contributed by atoms with Gasteiger partial charge < -0.3 is 16.0 Å². The van der Waals surface area contributed by atoms with Crippen molar-refractivity contribution >= 4 is 23.0 Å². The van der Waals surface area contributed by atoms with Crippen LogP contribution in [0.4, 0.5) is 17.1 Å². The van der Waals surface area contributed by atoms with Crippen LogP contribution in [0.5, 0.6) is 0 Å². The van der Waals surface area contributed by atoms with Gasteiger partial charge in [0.2, 0.25) is 5.91 Å². The number of carbonyl (C=O) groups is 1. The van der Waals surface area contributed by atoms with Crippen molar-refractivity contribution in [2.75, 3.05) is 29.0 Å². The van der Waals surface area contributed by atoms with Crippen LogP contribution < -0.4 is 16.0 Å². The third kappa shape index (κ3) is 5.66. The molecular formula is C19H25N3O. The van der Waals surface area contributed by atoms with Gasteiger partial charge >= 0.3 is 0 Å². The monoisotopic (exact) mass is 311 g/mol. The topological polar surface area (TPSA) is 53.2 Å². The van der Waals surface area contributed by atoms with Crippen LogP contribution in [-0.2, 0) is 4.79 Å². The van der Waals surface area contributed by atoms with Crippen molar-refractivity contribution in [2.24, 2.45) is 5.92 Å². The lowest BCUT2D eigenvalue weighted by molar-refractivity contribution is -0.114. The molecule has 0 aliphatic carbocycles. The molecule has 0 saturated heterocycles. The quantitative estimate of drug-likeness (QED) is 0.721. The number of amides is 1. The fourth-order valence-electron chi connectivity index (χ4n) is 2.16. The van der Waals surface area contributed by atoms with E-state index in [0.717, 1.165) is 29.2 Å². The first kappa shape index (κ1) is 16.9. The predicted octanol–water partition coefficient (Wildman–Crippen LogP) is 4.11. The molecule has 4 nitrogen and oxygen atoms in total. The fraction of sp³-hybridized carbons (Fsp3) is 0.316. The van der Waals surface area contributed by atoms with E-state index in [0.29, 0.717) is 5.92 Å². The molecule has 0 radical (unpaired) electrons. The molecule has 122 valence electrons. The minimum atomic E-state index is -0.0645. The summed E-state index contributed by atoms with van der Waals surface area (Å²) in [7, 11) is 0. The van der Waals surface area contributed by atoms with Crippen LogP contribution in [0.1, 0.15) is 19.4 Å². The molecule has 4 heteroatoms. The molecule has 1 amide bonds.